The third-order valence-electron chi connectivity index (χ3n) is 2.84. The van der Waals surface area contributed by atoms with Crippen LogP contribution < -0.4 is 5.32 Å². The van der Waals surface area contributed by atoms with Crippen molar-refractivity contribution in [2.45, 2.75) is 32.2 Å². The zero-order chi connectivity index (χ0) is 11.1. The quantitative estimate of drug-likeness (QED) is 0.749. The fourth-order valence-corrected chi connectivity index (χ4v) is 1.92. The van der Waals surface area contributed by atoms with Crippen molar-refractivity contribution in [3.8, 4) is 0 Å². The van der Waals surface area contributed by atoms with Crippen LogP contribution in [0.4, 0.5) is 0 Å². The molecule has 2 nitrogen and oxygen atoms in total. The number of rotatable bonds is 6. The van der Waals surface area contributed by atoms with Gasteiger partial charge < -0.3 is 10.4 Å². The molecule has 0 aliphatic rings. The number of nitrogens with one attached hydrogen (secondary N) is 1. The lowest BCUT2D eigenvalue weighted by Crippen LogP contribution is -2.34. The lowest BCUT2D eigenvalue weighted by Gasteiger charge is -2.24. The van der Waals surface area contributed by atoms with Crippen molar-refractivity contribution in [3.05, 3.63) is 35.9 Å². The number of aliphatic hydroxyl groups is 1. The van der Waals surface area contributed by atoms with Crippen LogP contribution in [0.3, 0.4) is 0 Å². The van der Waals surface area contributed by atoms with E-state index in [2.05, 4.69) is 43.4 Å². The molecule has 0 radical (unpaired) electrons. The Morgan fingerprint density at radius 2 is 1.93 bits per heavy atom. The maximum Gasteiger partial charge on any atom is 0.0446 e. The van der Waals surface area contributed by atoms with Gasteiger partial charge in [-0.3, -0.25) is 0 Å². The Balaban J connectivity index is 2.67. The Hall–Kier alpha value is -0.860. The van der Waals surface area contributed by atoms with E-state index in [1.54, 1.807) is 0 Å². The van der Waals surface area contributed by atoms with E-state index in [-0.39, 0.29) is 6.61 Å². The highest BCUT2D eigenvalue weighted by atomic mass is 16.3. The molecule has 1 aromatic carbocycles. The zero-order valence-electron chi connectivity index (χ0n) is 9.61. The van der Waals surface area contributed by atoms with Crippen molar-refractivity contribution in [1.82, 2.24) is 5.32 Å². The molecule has 0 bridgehead atoms. The van der Waals surface area contributed by atoms with E-state index >= 15 is 0 Å². The van der Waals surface area contributed by atoms with Gasteiger partial charge in [0.25, 0.3) is 0 Å². The number of likely N-dealkylation sites (N-methyl/N-ethyl adjacent to an activating group) is 1. The van der Waals surface area contributed by atoms with Crippen LogP contribution in [-0.4, -0.2) is 24.3 Å². The molecule has 15 heavy (non-hydrogen) atoms. The minimum Gasteiger partial charge on any atom is -0.396 e. The van der Waals surface area contributed by atoms with Crippen molar-refractivity contribution in [2.75, 3.05) is 13.2 Å². The highest BCUT2D eigenvalue weighted by Crippen LogP contribution is 2.20. The predicted molar refractivity (Wildman–Crippen MR) is 64.0 cm³/mol. The minimum atomic E-state index is 0.245. The number of hydrogen-bond acceptors (Lipinski definition) is 2. The molecule has 0 aliphatic carbocycles. The maximum atomic E-state index is 9.02. The molecular formula is C13H21NO. The topological polar surface area (TPSA) is 32.3 Å². The number of benzene rings is 1. The molecule has 1 rings (SSSR count). The fraction of sp³-hybridized carbons (Fsp3) is 0.538. The molecule has 0 saturated carbocycles. The van der Waals surface area contributed by atoms with Gasteiger partial charge in [-0.05, 0) is 24.4 Å². The highest BCUT2D eigenvalue weighted by molar-refractivity contribution is 5.20. The first-order valence-corrected chi connectivity index (χ1v) is 5.68. The van der Waals surface area contributed by atoms with E-state index in [1.165, 1.54) is 5.56 Å². The molecule has 0 saturated heterocycles. The van der Waals surface area contributed by atoms with Gasteiger partial charge >= 0.3 is 0 Å². The van der Waals surface area contributed by atoms with Crippen LogP contribution in [-0.2, 0) is 0 Å². The molecule has 0 amide bonds. The van der Waals surface area contributed by atoms with Crippen molar-refractivity contribution in [1.29, 1.82) is 0 Å². The predicted octanol–water partition coefficient (Wildman–Crippen LogP) is 2.15. The van der Waals surface area contributed by atoms with Gasteiger partial charge in [-0.2, -0.15) is 0 Å². The second-order valence-electron chi connectivity index (χ2n) is 3.88. The summed E-state index contributed by atoms with van der Waals surface area (Å²) in [5.74, 6) is 0.443. The minimum absolute atomic E-state index is 0.245. The van der Waals surface area contributed by atoms with E-state index < -0.39 is 0 Å². The van der Waals surface area contributed by atoms with Gasteiger partial charge in [0.15, 0.2) is 0 Å². The molecule has 0 aliphatic heterocycles. The van der Waals surface area contributed by atoms with Gasteiger partial charge in [0, 0.05) is 12.6 Å². The van der Waals surface area contributed by atoms with Gasteiger partial charge in [-0.25, -0.2) is 0 Å². The summed E-state index contributed by atoms with van der Waals surface area (Å²) in [4.78, 5) is 0. The Morgan fingerprint density at radius 3 is 2.47 bits per heavy atom. The van der Waals surface area contributed by atoms with E-state index in [1.807, 2.05) is 6.07 Å². The average molecular weight is 207 g/mol. The first kappa shape index (κ1) is 12.2. The first-order valence-electron chi connectivity index (χ1n) is 5.68. The summed E-state index contributed by atoms with van der Waals surface area (Å²) in [5, 5.41) is 12.4. The summed E-state index contributed by atoms with van der Waals surface area (Å²) >= 11 is 0. The van der Waals surface area contributed by atoms with E-state index in [9.17, 15) is 0 Å². The van der Waals surface area contributed by atoms with Crippen LogP contribution in [0.2, 0.25) is 0 Å². The van der Waals surface area contributed by atoms with Crippen molar-refractivity contribution in [2.24, 2.45) is 0 Å². The third-order valence-corrected chi connectivity index (χ3v) is 2.84. The van der Waals surface area contributed by atoms with Crippen molar-refractivity contribution < 1.29 is 5.11 Å². The summed E-state index contributed by atoms with van der Waals surface area (Å²) in [7, 11) is 0. The van der Waals surface area contributed by atoms with Gasteiger partial charge in [-0.1, -0.05) is 44.2 Å². The highest BCUT2D eigenvalue weighted by Gasteiger charge is 2.16. The summed E-state index contributed by atoms with van der Waals surface area (Å²) < 4.78 is 0. The van der Waals surface area contributed by atoms with Crippen molar-refractivity contribution >= 4 is 0 Å². The molecule has 1 aromatic rings. The molecular weight excluding hydrogens is 186 g/mol. The monoisotopic (exact) mass is 207 g/mol. The lowest BCUT2D eigenvalue weighted by molar-refractivity contribution is 0.256. The van der Waals surface area contributed by atoms with E-state index in [4.69, 9.17) is 5.11 Å². The molecule has 0 aromatic heterocycles. The van der Waals surface area contributed by atoms with Crippen LogP contribution >= 0.6 is 0 Å². The van der Waals surface area contributed by atoms with Crippen LogP contribution in [0.5, 0.6) is 0 Å². The zero-order valence-corrected chi connectivity index (χ0v) is 9.61. The lowest BCUT2D eigenvalue weighted by atomic mass is 9.91. The third kappa shape index (κ3) is 3.65. The molecule has 2 heteroatoms. The first-order chi connectivity index (χ1) is 7.29. The SMILES string of the molecule is CCNC(CCO)C(C)c1ccccc1. The van der Waals surface area contributed by atoms with Gasteiger partial charge in [0.2, 0.25) is 0 Å². The summed E-state index contributed by atoms with van der Waals surface area (Å²) in [5.41, 5.74) is 1.33. The van der Waals surface area contributed by atoms with Gasteiger partial charge in [-0.15, -0.1) is 0 Å². The maximum absolute atomic E-state index is 9.02. The Morgan fingerprint density at radius 1 is 1.27 bits per heavy atom. The number of hydrogen-bond donors (Lipinski definition) is 2. The molecule has 2 N–H and O–H groups in total. The molecule has 0 fully saturated rings. The summed E-state index contributed by atoms with van der Waals surface area (Å²) in [6.45, 7) is 5.50. The molecule has 84 valence electrons. The normalized spacial score (nSPS) is 14.9. The number of aliphatic hydroxyl groups excluding tert-OH is 1. The molecule has 2 unspecified atom stereocenters. The van der Waals surface area contributed by atoms with Crippen LogP contribution in [0, 0.1) is 0 Å². The largest absolute Gasteiger partial charge is 0.396 e. The van der Waals surface area contributed by atoms with E-state index in [0.717, 1.165) is 13.0 Å². The average Bonchev–Trinajstić information content (AvgIpc) is 2.29. The second kappa shape index (κ2) is 6.59. The summed E-state index contributed by atoms with van der Waals surface area (Å²) in [6.07, 6.45) is 0.809. The summed E-state index contributed by atoms with van der Waals surface area (Å²) in [6, 6.07) is 10.8. The second-order valence-corrected chi connectivity index (χ2v) is 3.88. The Kier molecular flexibility index (Phi) is 5.37. The van der Waals surface area contributed by atoms with E-state index in [0.29, 0.717) is 12.0 Å². The standard InChI is InChI=1S/C13H21NO/c1-3-14-13(9-10-15)11(2)12-7-5-4-6-8-12/h4-8,11,13-15H,3,9-10H2,1-2H3. The molecule has 0 heterocycles. The van der Waals surface area contributed by atoms with Gasteiger partial charge in [0.1, 0.15) is 0 Å². The fourth-order valence-electron chi connectivity index (χ4n) is 1.92. The smallest absolute Gasteiger partial charge is 0.0446 e. The Bertz CT molecular complexity index is 254. The van der Waals surface area contributed by atoms with Crippen LogP contribution in [0.1, 0.15) is 31.7 Å². The van der Waals surface area contributed by atoms with Crippen molar-refractivity contribution in [3.63, 3.8) is 0 Å². The molecule has 0 spiro atoms. The van der Waals surface area contributed by atoms with Crippen LogP contribution in [0.25, 0.3) is 0 Å². The van der Waals surface area contributed by atoms with Crippen LogP contribution in [0.15, 0.2) is 30.3 Å². The molecule has 2 atom stereocenters. The van der Waals surface area contributed by atoms with Gasteiger partial charge in [0.05, 0.1) is 0 Å². The Labute approximate surface area is 92.3 Å².